The van der Waals surface area contributed by atoms with Crippen LogP contribution in [0, 0.1) is 13.8 Å². The smallest absolute Gasteiger partial charge is 0.277 e. The number of carbonyl (C=O) groups excluding carboxylic acids is 2. The van der Waals surface area contributed by atoms with Gasteiger partial charge in [0.05, 0.1) is 32.6 Å². The normalized spacial score (nSPS) is 13.6. The van der Waals surface area contributed by atoms with Gasteiger partial charge in [0.1, 0.15) is 11.3 Å². The van der Waals surface area contributed by atoms with Gasteiger partial charge in [-0.1, -0.05) is 5.16 Å². The Morgan fingerprint density at radius 2 is 1.61 bits per heavy atom. The highest BCUT2D eigenvalue weighted by Gasteiger charge is 2.36. The zero-order valence-electron chi connectivity index (χ0n) is 16.6. The Labute approximate surface area is 162 Å². The summed E-state index contributed by atoms with van der Waals surface area (Å²) in [5, 5.41) is 6.67. The van der Waals surface area contributed by atoms with Gasteiger partial charge in [-0.15, -0.1) is 0 Å². The fraction of sp³-hybridized carbons (Fsp3) is 0.421. The fourth-order valence-electron chi connectivity index (χ4n) is 3.36. The third-order valence-electron chi connectivity index (χ3n) is 4.68. The molecule has 1 aliphatic heterocycles. The molecule has 0 spiro atoms. The van der Waals surface area contributed by atoms with Crippen LogP contribution in [-0.2, 0) is 0 Å². The average Bonchev–Trinajstić information content (AvgIpc) is 3.32. The highest BCUT2D eigenvalue weighted by Crippen LogP contribution is 2.40. The van der Waals surface area contributed by atoms with Gasteiger partial charge in [-0.05, 0) is 32.4 Å². The molecule has 3 rings (SSSR count). The molecule has 2 aromatic rings. The topological polar surface area (TPSA) is 94.3 Å². The lowest BCUT2D eigenvalue weighted by Gasteiger charge is -2.28. The summed E-state index contributed by atoms with van der Waals surface area (Å²) < 4.78 is 21.1. The van der Waals surface area contributed by atoms with E-state index in [1.165, 1.54) is 31.3 Å². The molecule has 1 fully saturated rings. The molecule has 0 bridgehead atoms. The molecule has 2 amide bonds. The molecule has 0 aliphatic carbocycles. The first-order valence-electron chi connectivity index (χ1n) is 8.80. The highest BCUT2D eigenvalue weighted by molar-refractivity contribution is 6.02. The van der Waals surface area contributed by atoms with Gasteiger partial charge in [-0.3, -0.25) is 9.59 Å². The number of methoxy groups -OCH3 is 3. The van der Waals surface area contributed by atoms with Crippen molar-refractivity contribution < 1.29 is 28.3 Å². The Morgan fingerprint density at radius 1 is 0.964 bits per heavy atom. The molecule has 0 unspecified atom stereocenters. The zero-order valence-corrected chi connectivity index (χ0v) is 16.6. The largest absolute Gasteiger partial charge is 0.493 e. The lowest BCUT2D eigenvalue weighted by atomic mass is 10.1. The number of hydrazine groups is 1. The molecule has 9 nitrogen and oxygen atoms in total. The maximum Gasteiger partial charge on any atom is 0.277 e. The monoisotopic (exact) mass is 389 g/mol. The molecule has 2 heterocycles. The molecule has 0 radical (unpaired) electrons. The first-order valence-corrected chi connectivity index (χ1v) is 8.80. The van der Waals surface area contributed by atoms with Crippen LogP contribution in [0.15, 0.2) is 16.7 Å². The molecule has 1 aromatic carbocycles. The number of hydrogen-bond donors (Lipinski definition) is 0. The fourth-order valence-corrected chi connectivity index (χ4v) is 3.36. The Kier molecular flexibility index (Phi) is 5.43. The highest BCUT2D eigenvalue weighted by atomic mass is 16.5. The SMILES string of the molecule is COc1ccc(C(=O)N2CCCN2C(=O)c2c(C)noc2C)c(OC)c1OC. The van der Waals surface area contributed by atoms with E-state index in [0.29, 0.717) is 48.0 Å². The van der Waals surface area contributed by atoms with Gasteiger partial charge in [-0.25, -0.2) is 10.0 Å². The van der Waals surface area contributed by atoms with Gasteiger partial charge in [0.25, 0.3) is 11.8 Å². The van der Waals surface area contributed by atoms with Crippen molar-refractivity contribution in [2.45, 2.75) is 20.3 Å². The van der Waals surface area contributed by atoms with Crippen molar-refractivity contribution in [3.63, 3.8) is 0 Å². The standard InChI is InChI=1S/C19H23N3O6/c1-11-15(12(2)28-20-11)19(24)22-10-6-9-21(22)18(23)13-7-8-14(25-3)17(27-5)16(13)26-4/h7-8H,6,9-10H2,1-5H3. The molecule has 1 aromatic heterocycles. The van der Waals surface area contributed by atoms with Gasteiger partial charge in [0.15, 0.2) is 11.5 Å². The van der Waals surface area contributed by atoms with Crippen molar-refractivity contribution >= 4 is 11.8 Å². The van der Waals surface area contributed by atoms with Crippen LogP contribution in [0.2, 0.25) is 0 Å². The van der Waals surface area contributed by atoms with Crippen LogP contribution in [0.1, 0.15) is 38.6 Å². The van der Waals surface area contributed by atoms with E-state index in [1.807, 2.05) is 0 Å². The molecular weight excluding hydrogens is 366 g/mol. The maximum absolute atomic E-state index is 13.3. The lowest BCUT2D eigenvalue weighted by Crippen LogP contribution is -2.45. The van der Waals surface area contributed by atoms with Crippen molar-refractivity contribution in [1.29, 1.82) is 0 Å². The molecule has 0 atom stereocenters. The molecule has 1 saturated heterocycles. The lowest BCUT2D eigenvalue weighted by molar-refractivity contribution is 0.0182. The number of aromatic nitrogens is 1. The van der Waals surface area contributed by atoms with Gasteiger partial charge in [-0.2, -0.15) is 0 Å². The number of rotatable bonds is 5. The Morgan fingerprint density at radius 3 is 2.14 bits per heavy atom. The Balaban J connectivity index is 1.97. The van der Waals surface area contributed by atoms with Crippen LogP contribution in [0.4, 0.5) is 0 Å². The van der Waals surface area contributed by atoms with Crippen LogP contribution in [-0.4, -0.2) is 61.4 Å². The van der Waals surface area contributed by atoms with Crippen LogP contribution in [0.5, 0.6) is 17.2 Å². The van der Waals surface area contributed by atoms with E-state index in [2.05, 4.69) is 5.16 Å². The summed E-state index contributed by atoms with van der Waals surface area (Å²) >= 11 is 0. The molecular formula is C19H23N3O6. The van der Waals surface area contributed by atoms with Crippen LogP contribution in [0.25, 0.3) is 0 Å². The number of hydrogen-bond acceptors (Lipinski definition) is 7. The van der Waals surface area contributed by atoms with Crippen molar-refractivity contribution in [3.05, 3.63) is 34.7 Å². The number of aryl methyl sites for hydroxylation is 2. The van der Waals surface area contributed by atoms with Crippen LogP contribution < -0.4 is 14.2 Å². The molecule has 28 heavy (non-hydrogen) atoms. The Hall–Kier alpha value is -3.23. The van der Waals surface area contributed by atoms with Crippen molar-refractivity contribution in [3.8, 4) is 17.2 Å². The Bertz CT molecular complexity index is 888. The summed E-state index contributed by atoms with van der Waals surface area (Å²) in [6, 6.07) is 3.23. The number of nitrogens with zero attached hydrogens (tertiary/aromatic N) is 3. The first-order chi connectivity index (χ1) is 13.4. The summed E-state index contributed by atoms with van der Waals surface area (Å²) in [7, 11) is 4.42. The third-order valence-corrected chi connectivity index (χ3v) is 4.68. The number of benzene rings is 1. The van der Waals surface area contributed by atoms with Crippen LogP contribution >= 0.6 is 0 Å². The summed E-state index contributed by atoms with van der Waals surface area (Å²) in [5.74, 6) is 0.755. The summed E-state index contributed by atoms with van der Waals surface area (Å²) in [6.45, 7) is 4.20. The molecule has 9 heteroatoms. The second-order valence-electron chi connectivity index (χ2n) is 6.29. The van der Waals surface area contributed by atoms with E-state index >= 15 is 0 Å². The third kappa shape index (κ3) is 3.12. The van der Waals surface area contributed by atoms with E-state index in [4.69, 9.17) is 18.7 Å². The average molecular weight is 389 g/mol. The quantitative estimate of drug-likeness (QED) is 0.774. The first kappa shape index (κ1) is 19.5. The van der Waals surface area contributed by atoms with Crippen LogP contribution in [0.3, 0.4) is 0 Å². The van der Waals surface area contributed by atoms with Gasteiger partial charge >= 0.3 is 0 Å². The zero-order chi connectivity index (χ0) is 20.4. The van der Waals surface area contributed by atoms with E-state index in [9.17, 15) is 9.59 Å². The summed E-state index contributed by atoms with van der Waals surface area (Å²) in [6.07, 6.45) is 0.663. The van der Waals surface area contributed by atoms with E-state index < -0.39 is 0 Å². The number of ether oxygens (including phenoxy) is 3. The minimum absolute atomic E-state index is 0.253. The predicted octanol–water partition coefficient (Wildman–Crippen LogP) is 2.22. The molecule has 150 valence electrons. The van der Waals surface area contributed by atoms with E-state index in [1.54, 1.807) is 26.0 Å². The minimum atomic E-state index is -0.365. The number of carbonyl (C=O) groups is 2. The van der Waals surface area contributed by atoms with Crippen molar-refractivity contribution in [1.82, 2.24) is 15.2 Å². The molecule has 0 saturated carbocycles. The summed E-state index contributed by atoms with van der Waals surface area (Å²) in [5.41, 5.74) is 1.14. The van der Waals surface area contributed by atoms with Gasteiger partial charge < -0.3 is 18.7 Å². The predicted molar refractivity (Wildman–Crippen MR) is 98.8 cm³/mol. The van der Waals surface area contributed by atoms with Crippen molar-refractivity contribution in [2.24, 2.45) is 0 Å². The van der Waals surface area contributed by atoms with Gasteiger partial charge in [0.2, 0.25) is 5.75 Å². The summed E-state index contributed by atoms with van der Waals surface area (Å²) in [4.78, 5) is 26.3. The van der Waals surface area contributed by atoms with Gasteiger partial charge in [0, 0.05) is 13.1 Å². The second-order valence-corrected chi connectivity index (χ2v) is 6.29. The number of amides is 2. The van der Waals surface area contributed by atoms with E-state index in [-0.39, 0.29) is 23.1 Å². The molecule has 0 N–H and O–H groups in total. The van der Waals surface area contributed by atoms with Crippen molar-refractivity contribution in [2.75, 3.05) is 34.4 Å². The minimum Gasteiger partial charge on any atom is -0.493 e. The molecule has 1 aliphatic rings. The maximum atomic E-state index is 13.3. The van der Waals surface area contributed by atoms with E-state index in [0.717, 1.165) is 0 Å². The second kappa shape index (κ2) is 7.79.